The summed E-state index contributed by atoms with van der Waals surface area (Å²) in [6, 6.07) is 6.02. The van der Waals surface area contributed by atoms with Crippen LogP contribution in [0.3, 0.4) is 0 Å². The summed E-state index contributed by atoms with van der Waals surface area (Å²) in [6.07, 6.45) is 0. The normalized spacial score (nSPS) is 10.1. The largest absolute Gasteiger partial charge is 0.481 e. The second-order valence-electron chi connectivity index (χ2n) is 4.79. The van der Waals surface area contributed by atoms with Crippen molar-refractivity contribution in [1.82, 2.24) is 9.97 Å². The van der Waals surface area contributed by atoms with E-state index in [0.29, 0.717) is 0 Å². The molecule has 0 bridgehead atoms. The molecule has 0 unspecified atom stereocenters. The molecule has 0 saturated heterocycles. The first-order valence-electron chi connectivity index (χ1n) is 7.46. The number of methoxy groups -OCH3 is 2. The Labute approximate surface area is 144 Å². The minimum Gasteiger partial charge on any atom is -0.481 e. The van der Waals surface area contributed by atoms with E-state index < -0.39 is 5.97 Å². The first-order chi connectivity index (χ1) is 12.0. The Bertz CT molecular complexity index is 768. The Balaban J connectivity index is 2.51. The van der Waals surface area contributed by atoms with Crippen molar-refractivity contribution in [2.24, 2.45) is 0 Å². The molecule has 0 aliphatic carbocycles. The van der Waals surface area contributed by atoms with Crippen molar-refractivity contribution < 1.29 is 28.5 Å². The van der Waals surface area contributed by atoms with Crippen LogP contribution in [-0.2, 0) is 4.74 Å². The number of hydrogen-bond donors (Lipinski definition) is 0. The van der Waals surface area contributed by atoms with Crippen LogP contribution in [0.5, 0.6) is 23.5 Å². The van der Waals surface area contributed by atoms with Crippen LogP contribution >= 0.6 is 0 Å². The maximum Gasteiger partial charge on any atom is 0.342 e. The highest BCUT2D eigenvalue weighted by molar-refractivity contribution is 6.07. The number of aromatic nitrogens is 2. The molecule has 8 heteroatoms. The van der Waals surface area contributed by atoms with E-state index in [4.69, 9.17) is 18.9 Å². The van der Waals surface area contributed by atoms with Gasteiger partial charge in [0.2, 0.25) is 11.8 Å². The predicted molar refractivity (Wildman–Crippen MR) is 87.6 cm³/mol. The maximum atomic E-state index is 12.3. The van der Waals surface area contributed by atoms with Crippen LogP contribution < -0.4 is 14.2 Å². The topological polar surface area (TPSA) is 96.8 Å². The quantitative estimate of drug-likeness (QED) is 0.557. The molecule has 0 saturated carbocycles. The van der Waals surface area contributed by atoms with Gasteiger partial charge in [-0.25, -0.2) is 4.79 Å². The molecule has 0 amide bonds. The van der Waals surface area contributed by atoms with Gasteiger partial charge in [-0.15, -0.1) is 0 Å². The zero-order valence-electron chi connectivity index (χ0n) is 14.4. The summed E-state index contributed by atoms with van der Waals surface area (Å²) >= 11 is 0. The van der Waals surface area contributed by atoms with Gasteiger partial charge in [0.15, 0.2) is 5.78 Å². The van der Waals surface area contributed by atoms with E-state index in [9.17, 15) is 9.59 Å². The van der Waals surface area contributed by atoms with Gasteiger partial charge in [0.1, 0.15) is 11.3 Å². The number of ketones is 1. The first-order valence-corrected chi connectivity index (χ1v) is 7.46. The standard InChI is InChI=1S/C17H18N2O6/c1-5-24-16(21)15-11(10(2)20)7-6-8-12(15)25-17-18-13(22-3)9-14(19-17)23-4/h6-9H,5H2,1-4H3. The molecule has 0 atom stereocenters. The first kappa shape index (κ1) is 18.2. The molecular weight excluding hydrogens is 328 g/mol. The fourth-order valence-electron chi connectivity index (χ4n) is 2.06. The number of hydrogen-bond acceptors (Lipinski definition) is 8. The number of carbonyl (C=O) groups is 2. The number of carbonyl (C=O) groups excluding carboxylic acids is 2. The van der Waals surface area contributed by atoms with Gasteiger partial charge in [-0.1, -0.05) is 12.1 Å². The molecule has 0 radical (unpaired) electrons. The molecule has 0 aliphatic heterocycles. The molecule has 2 rings (SSSR count). The lowest BCUT2D eigenvalue weighted by Crippen LogP contribution is -2.12. The van der Waals surface area contributed by atoms with E-state index in [-0.39, 0.29) is 47.0 Å². The van der Waals surface area contributed by atoms with E-state index >= 15 is 0 Å². The van der Waals surface area contributed by atoms with Gasteiger partial charge in [-0.3, -0.25) is 4.79 Å². The number of Topliss-reactive ketones (excluding diaryl/α,β-unsaturated/α-hetero) is 1. The number of ether oxygens (including phenoxy) is 4. The number of esters is 1. The third-order valence-electron chi connectivity index (χ3n) is 3.16. The van der Waals surface area contributed by atoms with Crippen LogP contribution in [0.4, 0.5) is 0 Å². The average Bonchev–Trinajstić information content (AvgIpc) is 2.61. The lowest BCUT2D eigenvalue weighted by atomic mass is 10.0. The van der Waals surface area contributed by atoms with Crippen molar-refractivity contribution in [2.75, 3.05) is 20.8 Å². The van der Waals surface area contributed by atoms with E-state index in [1.54, 1.807) is 13.0 Å². The Kier molecular flexibility index (Phi) is 5.89. The van der Waals surface area contributed by atoms with Crippen molar-refractivity contribution in [3.05, 3.63) is 35.4 Å². The SMILES string of the molecule is CCOC(=O)c1c(Oc2nc(OC)cc(OC)n2)cccc1C(C)=O. The number of rotatable bonds is 7. The third kappa shape index (κ3) is 4.23. The molecule has 1 aromatic carbocycles. The Morgan fingerprint density at radius 2 is 1.72 bits per heavy atom. The minimum atomic E-state index is -0.668. The smallest absolute Gasteiger partial charge is 0.342 e. The molecule has 1 heterocycles. The number of benzene rings is 1. The number of nitrogens with zero attached hydrogens (tertiary/aromatic N) is 2. The Hall–Kier alpha value is -3.16. The Morgan fingerprint density at radius 1 is 1.08 bits per heavy atom. The molecule has 25 heavy (non-hydrogen) atoms. The molecule has 0 aliphatic rings. The molecular formula is C17H18N2O6. The molecule has 0 spiro atoms. The summed E-state index contributed by atoms with van der Waals surface area (Å²) in [6.45, 7) is 3.19. The molecule has 2 aromatic rings. The van der Waals surface area contributed by atoms with Crippen LogP contribution in [0.1, 0.15) is 34.6 Å². The van der Waals surface area contributed by atoms with Gasteiger partial charge >= 0.3 is 12.0 Å². The maximum absolute atomic E-state index is 12.3. The van der Waals surface area contributed by atoms with E-state index in [1.165, 1.54) is 39.3 Å². The Morgan fingerprint density at radius 3 is 2.24 bits per heavy atom. The van der Waals surface area contributed by atoms with E-state index in [0.717, 1.165) is 0 Å². The van der Waals surface area contributed by atoms with Gasteiger partial charge in [-0.2, -0.15) is 9.97 Å². The van der Waals surface area contributed by atoms with Gasteiger partial charge < -0.3 is 18.9 Å². The summed E-state index contributed by atoms with van der Waals surface area (Å²) in [7, 11) is 2.87. The van der Waals surface area contributed by atoms with Crippen LogP contribution in [0, 0.1) is 0 Å². The molecule has 0 fully saturated rings. The van der Waals surface area contributed by atoms with Crippen molar-refractivity contribution in [3.63, 3.8) is 0 Å². The van der Waals surface area contributed by atoms with E-state index in [2.05, 4.69) is 9.97 Å². The van der Waals surface area contributed by atoms with Crippen molar-refractivity contribution >= 4 is 11.8 Å². The zero-order valence-corrected chi connectivity index (χ0v) is 14.4. The molecule has 8 nitrogen and oxygen atoms in total. The third-order valence-corrected chi connectivity index (χ3v) is 3.16. The fraction of sp³-hybridized carbons (Fsp3) is 0.294. The molecule has 1 aromatic heterocycles. The lowest BCUT2D eigenvalue weighted by Gasteiger charge is -2.13. The zero-order chi connectivity index (χ0) is 18.4. The summed E-state index contributed by atoms with van der Waals surface area (Å²) in [5.41, 5.74) is 0.202. The summed E-state index contributed by atoms with van der Waals surface area (Å²) in [5.74, 6) is -0.415. The fourth-order valence-corrected chi connectivity index (χ4v) is 2.06. The van der Waals surface area contributed by atoms with Crippen LogP contribution in [0.2, 0.25) is 0 Å². The second kappa shape index (κ2) is 8.09. The summed E-state index contributed by atoms with van der Waals surface area (Å²) in [5, 5.41) is 0. The highest BCUT2D eigenvalue weighted by Gasteiger charge is 2.22. The average molecular weight is 346 g/mol. The van der Waals surface area contributed by atoms with Gasteiger partial charge in [-0.05, 0) is 19.9 Å². The van der Waals surface area contributed by atoms with E-state index in [1.807, 2.05) is 0 Å². The van der Waals surface area contributed by atoms with Gasteiger partial charge in [0, 0.05) is 5.56 Å². The monoisotopic (exact) mass is 346 g/mol. The highest BCUT2D eigenvalue weighted by Crippen LogP contribution is 2.29. The van der Waals surface area contributed by atoms with Crippen molar-refractivity contribution in [1.29, 1.82) is 0 Å². The molecule has 132 valence electrons. The van der Waals surface area contributed by atoms with Crippen LogP contribution in [0.25, 0.3) is 0 Å². The van der Waals surface area contributed by atoms with Crippen LogP contribution in [-0.4, -0.2) is 42.5 Å². The van der Waals surface area contributed by atoms with Gasteiger partial charge in [0.25, 0.3) is 0 Å². The summed E-state index contributed by atoms with van der Waals surface area (Å²) in [4.78, 5) is 32.2. The second-order valence-corrected chi connectivity index (χ2v) is 4.79. The van der Waals surface area contributed by atoms with Crippen molar-refractivity contribution in [3.8, 4) is 23.5 Å². The highest BCUT2D eigenvalue weighted by atomic mass is 16.5. The lowest BCUT2D eigenvalue weighted by molar-refractivity contribution is 0.0520. The minimum absolute atomic E-state index is 0.0160. The molecule has 0 N–H and O–H groups in total. The summed E-state index contributed by atoms with van der Waals surface area (Å²) < 4.78 is 20.8. The van der Waals surface area contributed by atoms with Crippen LogP contribution in [0.15, 0.2) is 24.3 Å². The van der Waals surface area contributed by atoms with Crippen molar-refractivity contribution in [2.45, 2.75) is 13.8 Å². The van der Waals surface area contributed by atoms with Gasteiger partial charge in [0.05, 0.1) is 26.9 Å². The predicted octanol–water partition coefficient (Wildman–Crippen LogP) is 2.67.